The molecule has 0 aliphatic carbocycles. The van der Waals surface area contributed by atoms with Gasteiger partial charge in [-0.3, -0.25) is 34.9 Å². The van der Waals surface area contributed by atoms with E-state index in [9.17, 15) is 19.2 Å². The van der Waals surface area contributed by atoms with E-state index in [2.05, 4.69) is 10.9 Å². The summed E-state index contributed by atoms with van der Waals surface area (Å²) in [6.07, 6.45) is 0.758. The number of carbonyl (C=O) groups excluding carboxylic acids is 4. The molecular formula is C24H24N4O6. The van der Waals surface area contributed by atoms with Crippen LogP contribution in [0, 0.1) is 0 Å². The van der Waals surface area contributed by atoms with Crippen LogP contribution in [0.1, 0.15) is 46.9 Å². The standard InChI is InChI=1S/C24H24N4O6/c1-24-10-8-21(30)28(24)17-5-3-2-4-16(17)23(32)27(24)11-9-20(29)25-26-22(31)15-6-7-18-19(14-15)34-13-12-33-18/h2-7,14H,8-13H2,1H3,(H,25,29)(H,26,31). The predicted octanol–water partition coefficient (Wildman–Crippen LogP) is 1.61. The van der Waals surface area contributed by atoms with Gasteiger partial charge >= 0.3 is 0 Å². The van der Waals surface area contributed by atoms with E-state index in [1.165, 1.54) is 0 Å². The number of nitrogens with one attached hydrogen (secondary N) is 2. The van der Waals surface area contributed by atoms with Crippen molar-refractivity contribution in [1.82, 2.24) is 15.8 Å². The number of amides is 4. The van der Waals surface area contributed by atoms with E-state index in [1.54, 1.807) is 52.3 Å². The van der Waals surface area contributed by atoms with Crippen LogP contribution < -0.4 is 25.2 Å². The monoisotopic (exact) mass is 464 g/mol. The maximum atomic E-state index is 13.2. The molecule has 1 atom stereocenters. The summed E-state index contributed by atoms with van der Waals surface area (Å²) in [6, 6.07) is 11.8. The Morgan fingerprint density at radius 2 is 1.79 bits per heavy atom. The highest BCUT2D eigenvalue weighted by molar-refractivity contribution is 6.10. The van der Waals surface area contributed by atoms with Crippen LogP contribution in [0.2, 0.25) is 0 Å². The molecule has 5 rings (SSSR count). The highest BCUT2D eigenvalue weighted by Gasteiger charge is 2.52. The van der Waals surface area contributed by atoms with Gasteiger partial charge in [0.1, 0.15) is 18.9 Å². The van der Waals surface area contributed by atoms with Crippen LogP contribution in [0.25, 0.3) is 0 Å². The molecule has 10 nitrogen and oxygen atoms in total. The fraction of sp³-hybridized carbons (Fsp3) is 0.333. The Kier molecular flexibility index (Phi) is 5.35. The summed E-state index contributed by atoms with van der Waals surface area (Å²) in [7, 11) is 0. The van der Waals surface area contributed by atoms with Crippen molar-refractivity contribution >= 4 is 29.3 Å². The number of ether oxygens (including phenoxy) is 2. The molecule has 0 radical (unpaired) electrons. The average molecular weight is 464 g/mol. The van der Waals surface area contributed by atoms with E-state index in [0.29, 0.717) is 54.4 Å². The molecule has 3 heterocycles. The quantitative estimate of drug-likeness (QED) is 0.664. The molecule has 0 aromatic heterocycles. The van der Waals surface area contributed by atoms with Gasteiger partial charge in [0.2, 0.25) is 11.8 Å². The number of rotatable bonds is 4. The first-order valence-corrected chi connectivity index (χ1v) is 11.1. The molecule has 3 aliphatic heterocycles. The highest BCUT2D eigenvalue weighted by Crippen LogP contribution is 2.43. The minimum atomic E-state index is -0.836. The zero-order valence-corrected chi connectivity index (χ0v) is 18.6. The number of hydrogen-bond donors (Lipinski definition) is 2. The van der Waals surface area contributed by atoms with Gasteiger partial charge in [0.15, 0.2) is 11.5 Å². The fourth-order valence-corrected chi connectivity index (χ4v) is 4.70. The number of nitrogens with zero attached hydrogens (tertiary/aromatic N) is 2. The molecule has 4 amide bonds. The summed E-state index contributed by atoms with van der Waals surface area (Å²) >= 11 is 0. The molecule has 1 saturated heterocycles. The van der Waals surface area contributed by atoms with Crippen molar-refractivity contribution in [3.63, 3.8) is 0 Å². The summed E-state index contributed by atoms with van der Waals surface area (Å²) in [5, 5.41) is 0. The van der Waals surface area contributed by atoms with Crippen LogP contribution in [0.5, 0.6) is 11.5 Å². The first kappa shape index (κ1) is 21.7. The summed E-state index contributed by atoms with van der Waals surface area (Å²) < 4.78 is 10.9. The van der Waals surface area contributed by atoms with E-state index >= 15 is 0 Å². The molecule has 34 heavy (non-hydrogen) atoms. The van der Waals surface area contributed by atoms with Crippen LogP contribution in [0.4, 0.5) is 5.69 Å². The molecule has 1 unspecified atom stereocenters. The third-order valence-corrected chi connectivity index (χ3v) is 6.43. The van der Waals surface area contributed by atoms with Crippen molar-refractivity contribution in [1.29, 1.82) is 0 Å². The van der Waals surface area contributed by atoms with Gasteiger partial charge in [-0.15, -0.1) is 0 Å². The SMILES string of the molecule is CC12CCC(=O)N1c1ccccc1C(=O)N2CCC(=O)NNC(=O)c1ccc2c(c1)OCCO2. The molecular weight excluding hydrogens is 440 g/mol. The first-order chi connectivity index (χ1) is 16.4. The number of benzene rings is 2. The Bertz CT molecular complexity index is 1200. The van der Waals surface area contributed by atoms with Gasteiger partial charge in [0.25, 0.3) is 11.8 Å². The van der Waals surface area contributed by atoms with E-state index in [4.69, 9.17) is 9.47 Å². The topological polar surface area (TPSA) is 117 Å². The molecule has 0 saturated carbocycles. The Morgan fingerprint density at radius 3 is 2.62 bits per heavy atom. The molecule has 176 valence electrons. The summed E-state index contributed by atoms with van der Waals surface area (Å²) in [4.78, 5) is 54.0. The number of anilines is 1. The molecule has 0 spiro atoms. The Labute approximate surface area is 195 Å². The first-order valence-electron chi connectivity index (χ1n) is 11.1. The van der Waals surface area contributed by atoms with Crippen molar-refractivity contribution in [2.24, 2.45) is 0 Å². The van der Waals surface area contributed by atoms with Gasteiger partial charge in [0, 0.05) is 24.9 Å². The summed E-state index contributed by atoms with van der Waals surface area (Å²) in [5.41, 5.74) is 5.27. The molecule has 2 aromatic rings. The predicted molar refractivity (Wildman–Crippen MR) is 120 cm³/mol. The summed E-state index contributed by atoms with van der Waals surface area (Å²) in [5.74, 6) is -0.212. The van der Waals surface area contributed by atoms with E-state index in [0.717, 1.165) is 0 Å². The lowest BCUT2D eigenvalue weighted by Gasteiger charge is -2.48. The lowest BCUT2D eigenvalue weighted by atomic mass is 9.98. The number of hydrogen-bond acceptors (Lipinski definition) is 6. The Morgan fingerprint density at radius 1 is 1.03 bits per heavy atom. The zero-order chi connectivity index (χ0) is 23.9. The van der Waals surface area contributed by atoms with E-state index < -0.39 is 17.5 Å². The van der Waals surface area contributed by atoms with Crippen LogP contribution in [0.15, 0.2) is 42.5 Å². The fourth-order valence-electron chi connectivity index (χ4n) is 4.70. The number of fused-ring (bicyclic) bond motifs is 4. The Balaban J connectivity index is 1.23. The largest absolute Gasteiger partial charge is 0.486 e. The molecule has 2 aromatic carbocycles. The van der Waals surface area contributed by atoms with Gasteiger partial charge in [-0.1, -0.05) is 12.1 Å². The van der Waals surface area contributed by atoms with Crippen molar-refractivity contribution in [2.45, 2.75) is 31.8 Å². The van der Waals surface area contributed by atoms with Gasteiger partial charge in [-0.2, -0.15) is 0 Å². The van der Waals surface area contributed by atoms with Crippen molar-refractivity contribution in [3.05, 3.63) is 53.6 Å². The second-order valence-electron chi connectivity index (χ2n) is 8.53. The van der Waals surface area contributed by atoms with Crippen molar-refractivity contribution in [3.8, 4) is 11.5 Å². The average Bonchev–Trinajstić information content (AvgIpc) is 3.17. The minimum Gasteiger partial charge on any atom is -0.486 e. The zero-order valence-electron chi connectivity index (χ0n) is 18.6. The van der Waals surface area contributed by atoms with E-state index in [-0.39, 0.29) is 24.8 Å². The smallest absolute Gasteiger partial charge is 0.269 e. The third kappa shape index (κ3) is 3.60. The van der Waals surface area contributed by atoms with Crippen LogP contribution in [-0.4, -0.2) is 54.0 Å². The van der Waals surface area contributed by atoms with Crippen molar-refractivity contribution < 1.29 is 28.7 Å². The van der Waals surface area contributed by atoms with Crippen LogP contribution in [-0.2, 0) is 9.59 Å². The van der Waals surface area contributed by atoms with Gasteiger partial charge in [-0.25, -0.2) is 0 Å². The lowest BCUT2D eigenvalue weighted by molar-refractivity contribution is -0.122. The second kappa shape index (κ2) is 8.36. The number of hydrazine groups is 1. The lowest BCUT2D eigenvalue weighted by Crippen LogP contribution is -2.62. The molecule has 10 heteroatoms. The molecule has 0 bridgehead atoms. The summed E-state index contributed by atoms with van der Waals surface area (Å²) in [6.45, 7) is 2.79. The highest BCUT2D eigenvalue weighted by atomic mass is 16.6. The van der Waals surface area contributed by atoms with Crippen LogP contribution >= 0.6 is 0 Å². The third-order valence-electron chi connectivity index (χ3n) is 6.43. The van der Waals surface area contributed by atoms with Gasteiger partial charge < -0.3 is 14.4 Å². The number of para-hydroxylation sites is 1. The maximum absolute atomic E-state index is 13.2. The Hall–Kier alpha value is -4.08. The molecule has 1 fully saturated rings. The van der Waals surface area contributed by atoms with Gasteiger partial charge in [-0.05, 0) is 43.7 Å². The maximum Gasteiger partial charge on any atom is 0.269 e. The normalized spacial score (nSPS) is 20.5. The van der Waals surface area contributed by atoms with Gasteiger partial charge in [0.05, 0.1) is 11.3 Å². The molecule has 3 aliphatic rings. The minimum absolute atomic E-state index is 0.0487. The van der Waals surface area contributed by atoms with Crippen LogP contribution in [0.3, 0.4) is 0 Å². The second-order valence-corrected chi connectivity index (χ2v) is 8.53. The van der Waals surface area contributed by atoms with E-state index in [1.807, 2.05) is 6.92 Å². The number of carbonyl (C=O) groups is 4. The van der Waals surface area contributed by atoms with Crippen molar-refractivity contribution in [2.75, 3.05) is 24.7 Å². The molecule has 2 N–H and O–H groups in total.